The van der Waals surface area contributed by atoms with E-state index in [1.165, 1.54) is 18.4 Å². The van der Waals surface area contributed by atoms with Gasteiger partial charge in [-0.25, -0.2) is 0 Å². The lowest BCUT2D eigenvalue weighted by molar-refractivity contribution is -0.139. The molecule has 1 aliphatic heterocycles. The number of carbonyl (C=O) groups is 2. The third kappa shape index (κ3) is 4.83. The van der Waals surface area contributed by atoms with Gasteiger partial charge in [-0.2, -0.15) is 0 Å². The molecule has 3 rings (SSSR count). The van der Waals surface area contributed by atoms with Crippen molar-refractivity contribution in [3.8, 4) is 0 Å². The van der Waals surface area contributed by atoms with Crippen LogP contribution in [0.25, 0.3) is 0 Å². The Bertz CT molecular complexity index is 626. The van der Waals surface area contributed by atoms with Crippen LogP contribution in [0.15, 0.2) is 24.3 Å². The molecule has 2 aliphatic rings. The fourth-order valence-electron chi connectivity index (χ4n) is 3.52. The van der Waals surface area contributed by atoms with Gasteiger partial charge >= 0.3 is 0 Å². The molecule has 1 saturated carbocycles. The average molecular weight is 342 g/mol. The molecule has 0 aromatic heterocycles. The van der Waals surface area contributed by atoms with Gasteiger partial charge in [0.2, 0.25) is 11.8 Å². The first kappa shape index (κ1) is 18.0. The molecule has 1 aliphatic carbocycles. The number of hydrogen-bond donors (Lipinski definition) is 1. The summed E-state index contributed by atoms with van der Waals surface area (Å²) in [6.45, 7) is 7.40. The van der Waals surface area contributed by atoms with Gasteiger partial charge in [0.15, 0.2) is 0 Å². The van der Waals surface area contributed by atoms with Gasteiger partial charge in [-0.1, -0.05) is 45.0 Å². The van der Waals surface area contributed by atoms with Gasteiger partial charge in [0.1, 0.15) is 6.04 Å². The van der Waals surface area contributed by atoms with E-state index in [1.807, 2.05) is 0 Å². The Morgan fingerprint density at radius 3 is 2.40 bits per heavy atom. The van der Waals surface area contributed by atoms with Gasteiger partial charge < -0.3 is 10.2 Å². The largest absolute Gasteiger partial charge is 0.350 e. The Labute approximate surface area is 151 Å². The van der Waals surface area contributed by atoms with E-state index in [0.29, 0.717) is 19.5 Å². The first-order chi connectivity index (χ1) is 11.8. The molecule has 1 aromatic carbocycles. The van der Waals surface area contributed by atoms with Crippen LogP contribution in [0, 0.1) is 5.41 Å². The number of rotatable bonds is 5. The second-order valence-corrected chi connectivity index (χ2v) is 8.72. The zero-order valence-electron chi connectivity index (χ0n) is 15.7. The standard InChI is InChI=1S/C21H30N2O2/c1-21(2,3)13-19(24)23-12-4-5-18(23)20(25)22-14-15-6-8-16(9-7-15)17-10-11-17/h6-9,17-18H,4-5,10-14H2,1-3H3,(H,22,25). The summed E-state index contributed by atoms with van der Waals surface area (Å²) in [5, 5.41) is 3.02. The molecule has 1 heterocycles. The highest BCUT2D eigenvalue weighted by atomic mass is 16.2. The lowest BCUT2D eigenvalue weighted by atomic mass is 9.91. The van der Waals surface area contributed by atoms with Crippen LogP contribution in [-0.2, 0) is 16.1 Å². The van der Waals surface area contributed by atoms with Gasteiger partial charge in [0.05, 0.1) is 0 Å². The topological polar surface area (TPSA) is 49.4 Å². The lowest BCUT2D eigenvalue weighted by Crippen LogP contribution is -2.46. The van der Waals surface area contributed by atoms with Crippen molar-refractivity contribution >= 4 is 11.8 Å². The molecule has 4 heteroatoms. The van der Waals surface area contributed by atoms with E-state index >= 15 is 0 Å². The highest BCUT2D eigenvalue weighted by Crippen LogP contribution is 2.39. The molecule has 1 aromatic rings. The third-order valence-corrected chi connectivity index (χ3v) is 5.05. The SMILES string of the molecule is CC(C)(C)CC(=O)N1CCCC1C(=O)NCc1ccc(C2CC2)cc1. The van der Waals surface area contributed by atoms with E-state index in [2.05, 4.69) is 50.4 Å². The maximum atomic E-state index is 12.6. The Kier molecular flexibility index (Phi) is 5.16. The lowest BCUT2D eigenvalue weighted by Gasteiger charge is -2.27. The zero-order chi connectivity index (χ0) is 18.0. The van der Waals surface area contributed by atoms with Crippen molar-refractivity contribution < 1.29 is 9.59 Å². The molecule has 0 spiro atoms. The van der Waals surface area contributed by atoms with Gasteiger partial charge in [-0.05, 0) is 48.1 Å². The van der Waals surface area contributed by atoms with Crippen molar-refractivity contribution in [3.63, 3.8) is 0 Å². The number of nitrogens with one attached hydrogen (secondary N) is 1. The van der Waals surface area contributed by atoms with Crippen molar-refractivity contribution in [2.24, 2.45) is 5.41 Å². The van der Waals surface area contributed by atoms with Crippen LogP contribution in [0.1, 0.15) is 69.9 Å². The van der Waals surface area contributed by atoms with Crippen LogP contribution >= 0.6 is 0 Å². The maximum Gasteiger partial charge on any atom is 0.243 e. The Morgan fingerprint density at radius 1 is 1.12 bits per heavy atom. The minimum absolute atomic E-state index is 0.0222. The van der Waals surface area contributed by atoms with Crippen molar-refractivity contribution in [1.82, 2.24) is 10.2 Å². The van der Waals surface area contributed by atoms with Gasteiger partial charge in [-0.15, -0.1) is 0 Å². The minimum atomic E-state index is -0.305. The molecule has 1 atom stereocenters. The third-order valence-electron chi connectivity index (χ3n) is 5.05. The molecular formula is C21H30N2O2. The quantitative estimate of drug-likeness (QED) is 0.889. The van der Waals surface area contributed by atoms with Gasteiger partial charge in [0, 0.05) is 19.5 Å². The van der Waals surface area contributed by atoms with Crippen LogP contribution in [0.4, 0.5) is 0 Å². The first-order valence-corrected chi connectivity index (χ1v) is 9.49. The van der Waals surface area contributed by atoms with Crippen LogP contribution < -0.4 is 5.32 Å². The van der Waals surface area contributed by atoms with Crippen LogP contribution in [0.3, 0.4) is 0 Å². The smallest absolute Gasteiger partial charge is 0.243 e. The molecule has 0 radical (unpaired) electrons. The van der Waals surface area contributed by atoms with Crippen molar-refractivity contribution in [2.45, 2.75) is 71.4 Å². The summed E-state index contributed by atoms with van der Waals surface area (Å²) < 4.78 is 0. The highest BCUT2D eigenvalue weighted by Gasteiger charge is 2.35. The van der Waals surface area contributed by atoms with Crippen LogP contribution in [-0.4, -0.2) is 29.3 Å². The van der Waals surface area contributed by atoms with Crippen molar-refractivity contribution in [1.29, 1.82) is 0 Å². The van der Waals surface area contributed by atoms with Crippen LogP contribution in [0.2, 0.25) is 0 Å². The molecule has 4 nitrogen and oxygen atoms in total. The molecule has 1 N–H and O–H groups in total. The van der Waals surface area contributed by atoms with Gasteiger partial charge in [-0.3, -0.25) is 9.59 Å². The van der Waals surface area contributed by atoms with Crippen LogP contribution in [0.5, 0.6) is 0 Å². The van der Waals surface area contributed by atoms with E-state index in [-0.39, 0.29) is 23.3 Å². The minimum Gasteiger partial charge on any atom is -0.350 e. The van der Waals surface area contributed by atoms with E-state index in [9.17, 15) is 9.59 Å². The number of hydrogen-bond acceptors (Lipinski definition) is 2. The molecule has 25 heavy (non-hydrogen) atoms. The Hall–Kier alpha value is -1.84. The zero-order valence-corrected chi connectivity index (χ0v) is 15.7. The number of likely N-dealkylation sites (tertiary alicyclic amines) is 1. The second-order valence-electron chi connectivity index (χ2n) is 8.72. The van der Waals surface area contributed by atoms with E-state index in [4.69, 9.17) is 0 Å². The van der Waals surface area contributed by atoms with Gasteiger partial charge in [0.25, 0.3) is 0 Å². The molecule has 1 saturated heterocycles. The summed E-state index contributed by atoms with van der Waals surface area (Å²) in [6, 6.07) is 8.25. The molecule has 0 bridgehead atoms. The number of benzene rings is 1. The Balaban J connectivity index is 1.53. The second kappa shape index (κ2) is 7.19. The summed E-state index contributed by atoms with van der Waals surface area (Å²) in [5.74, 6) is 0.828. The van der Waals surface area contributed by atoms with Crippen molar-refractivity contribution in [2.75, 3.05) is 6.54 Å². The highest BCUT2D eigenvalue weighted by molar-refractivity contribution is 5.88. The molecular weight excluding hydrogens is 312 g/mol. The summed E-state index contributed by atoms with van der Waals surface area (Å²) in [7, 11) is 0. The summed E-state index contributed by atoms with van der Waals surface area (Å²) in [4.78, 5) is 26.9. The summed E-state index contributed by atoms with van der Waals surface area (Å²) in [6.07, 6.45) is 4.76. The summed E-state index contributed by atoms with van der Waals surface area (Å²) in [5.41, 5.74) is 2.47. The first-order valence-electron chi connectivity index (χ1n) is 9.49. The fraction of sp³-hybridized carbons (Fsp3) is 0.619. The van der Waals surface area contributed by atoms with E-state index in [1.54, 1.807) is 4.90 Å². The number of nitrogens with zero attached hydrogens (tertiary/aromatic N) is 1. The molecule has 136 valence electrons. The molecule has 2 amide bonds. The number of amides is 2. The monoisotopic (exact) mass is 342 g/mol. The predicted molar refractivity (Wildman–Crippen MR) is 99.1 cm³/mol. The van der Waals surface area contributed by atoms with Crippen molar-refractivity contribution in [3.05, 3.63) is 35.4 Å². The normalized spacial score (nSPS) is 20.6. The molecule has 2 fully saturated rings. The maximum absolute atomic E-state index is 12.6. The predicted octanol–water partition coefficient (Wildman–Crippen LogP) is 3.61. The number of carbonyl (C=O) groups excluding carboxylic acids is 2. The summed E-state index contributed by atoms with van der Waals surface area (Å²) >= 11 is 0. The average Bonchev–Trinajstić information content (AvgIpc) is 3.27. The molecule has 1 unspecified atom stereocenters. The fourth-order valence-corrected chi connectivity index (χ4v) is 3.52. The van der Waals surface area contributed by atoms with E-state index in [0.717, 1.165) is 24.3 Å². The Morgan fingerprint density at radius 2 is 1.80 bits per heavy atom. The van der Waals surface area contributed by atoms with E-state index < -0.39 is 0 Å².